The molecule has 0 spiro atoms. The van der Waals surface area contributed by atoms with Gasteiger partial charge in [0, 0.05) is 36.2 Å². The summed E-state index contributed by atoms with van der Waals surface area (Å²) in [4.78, 5) is 29.2. The summed E-state index contributed by atoms with van der Waals surface area (Å²) in [6.45, 7) is 0.323. The number of methoxy groups -OCH3 is 1. The van der Waals surface area contributed by atoms with Gasteiger partial charge in [-0.05, 0) is 72.4 Å². The van der Waals surface area contributed by atoms with Crippen molar-refractivity contribution >= 4 is 17.5 Å². The molecule has 0 radical (unpaired) electrons. The second-order valence-electron chi connectivity index (χ2n) is 8.17. The number of rotatable bonds is 7. The van der Waals surface area contributed by atoms with Gasteiger partial charge in [0.2, 0.25) is 5.91 Å². The van der Waals surface area contributed by atoms with Gasteiger partial charge in [-0.2, -0.15) is 0 Å². The van der Waals surface area contributed by atoms with E-state index in [-0.39, 0.29) is 23.8 Å². The molecule has 7 heteroatoms. The number of hydrogen-bond donors (Lipinski definition) is 3. The van der Waals surface area contributed by atoms with Crippen LogP contribution < -0.4 is 21.1 Å². The van der Waals surface area contributed by atoms with Crippen molar-refractivity contribution < 1.29 is 14.3 Å². The van der Waals surface area contributed by atoms with Crippen LogP contribution in [0.4, 0.5) is 5.69 Å². The number of hydrogen-bond acceptors (Lipinski definition) is 5. The fraction of sp³-hybridized carbons (Fsp3) is 0.269. The van der Waals surface area contributed by atoms with Crippen molar-refractivity contribution in [3.63, 3.8) is 0 Å². The average Bonchev–Trinajstić information content (AvgIpc) is 2.87. The Bertz CT molecular complexity index is 1120. The predicted octanol–water partition coefficient (Wildman–Crippen LogP) is 3.58. The summed E-state index contributed by atoms with van der Waals surface area (Å²) in [5.41, 5.74) is 10.6. The maximum atomic E-state index is 12.9. The third-order valence-electron chi connectivity index (χ3n) is 6.02. The van der Waals surface area contributed by atoms with Gasteiger partial charge in [0.1, 0.15) is 5.75 Å². The molecule has 4 rings (SSSR count). The number of nitrogens with one attached hydrogen (secondary N) is 2. The molecule has 33 heavy (non-hydrogen) atoms. The number of nitrogens with zero attached hydrogens (tertiary/aromatic N) is 1. The van der Waals surface area contributed by atoms with Crippen LogP contribution in [-0.2, 0) is 11.2 Å². The van der Waals surface area contributed by atoms with E-state index >= 15 is 0 Å². The Hall–Kier alpha value is -3.71. The molecule has 170 valence electrons. The van der Waals surface area contributed by atoms with Crippen LogP contribution in [-0.4, -0.2) is 30.5 Å². The number of amides is 2. The van der Waals surface area contributed by atoms with E-state index in [1.165, 1.54) is 5.56 Å². The molecule has 0 bridgehead atoms. The third-order valence-corrected chi connectivity index (χ3v) is 6.02. The van der Waals surface area contributed by atoms with Gasteiger partial charge < -0.3 is 21.1 Å². The summed E-state index contributed by atoms with van der Waals surface area (Å²) in [5, 5.41) is 5.83. The first-order chi connectivity index (χ1) is 16.0. The highest BCUT2D eigenvalue weighted by Crippen LogP contribution is 2.34. The number of ether oxygens (including phenoxy) is 1. The SMILES string of the molecule is COc1ccc2c(c1)CCCC2C(=O)NCC(N)c1ccc(C(=O)Nc2ccncc2)cc1. The Labute approximate surface area is 193 Å². The smallest absolute Gasteiger partial charge is 0.255 e. The topological polar surface area (TPSA) is 106 Å². The highest BCUT2D eigenvalue weighted by atomic mass is 16.5. The molecule has 3 aromatic rings. The van der Waals surface area contributed by atoms with Gasteiger partial charge in [0.15, 0.2) is 0 Å². The van der Waals surface area contributed by atoms with Gasteiger partial charge in [0.05, 0.1) is 13.0 Å². The molecule has 2 amide bonds. The summed E-state index contributed by atoms with van der Waals surface area (Å²) < 4.78 is 5.31. The number of fused-ring (bicyclic) bond motifs is 1. The van der Waals surface area contributed by atoms with Gasteiger partial charge >= 0.3 is 0 Å². The number of aromatic nitrogens is 1. The molecule has 1 aliphatic rings. The molecule has 0 fully saturated rings. The van der Waals surface area contributed by atoms with E-state index in [9.17, 15) is 9.59 Å². The number of carbonyl (C=O) groups is 2. The molecule has 1 aromatic heterocycles. The van der Waals surface area contributed by atoms with Gasteiger partial charge in [-0.1, -0.05) is 18.2 Å². The van der Waals surface area contributed by atoms with E-state index in [2.05, 4.69) is 15.6 Å². The molecule has 1 heterocycles. The van der Waals surface area contributed by atoms with E-state index < -0.39 is 0 Å². The zero-order chi connectivity index (χ0) is 23.2. The number of aryl methyl sites for hydroxylation is 1. The van der Waals surface area contributed by atoms with Crippen molar-refractivity contribution in [1.82, 2.24) is 10.3 Å². The van der Waals surface area contributed by atoms with Crippen LogP contribution in [0.5, 0.6) is 5.75 Å². The molecule has 2 unspecified atom stereocenters. The van der Waals surface area contributed by atoms with Crippen LogP contribution in [0.3, 0.4) is 0 Å². The maximum Gasteiger partial charge on any atom is 0.255 e. The zero-order valence-corrected chi connectivity index (χ0v) is 18.6. The Morgan fingerprint density at radius 3 is 2.61 bits per heavy atom. The summed E-state index contributed by atoms with van der Waals surface area (Å²) in [5.74, 6) is 0.424. The Morgan fingerprint density at radius 1 is 1.12 bits per heavy atom. The molecule has 0 aliphatic heterocycles. The highest BCUT2D eigenvalue weighted by molar-refractivity contribution is 6.04. The minimum atomic E-state index is -0.370. The summed E-state index contributed by atoms with van der Waals surface area (Å²) in [6, 6.07) is 16.1. The van der Waals surface area contributed by atoms with Crippen molar-refractivity contribution in [1.29, 1.82) is 0 Å². The lowest BCUT2D eigenvalue weighted by atomic mass is 9.82. The monoisotopic (exact) mass is 444 g/mol. The van der Waals surface area contributed by atoms with Gasteiger partial charge in [0.25, 0.3) is 5.91 Å². The normalized spacial score (nSPS) is 15.8. The van der Waals surface area contributed by atoms with E-state index in [0.717, 1.165) is 36.1 Å². The fourth-order valence-corrected chi connectivity index (χ4v) is 4.16. The Morgan fingerprint density at radius 2 is 1.88 bits per heavy atom. The van der Waals surface area contributed by atoms with E-state index in [4.69, 9.17) is 10.5 Å². The van der Waals surface area contributed by atoms with Crippen molar-refractivity contribution in [3.05, 3.63) is 89.2 Å². The standard InChI is InChI=1S/C26H28N4O3/c1-33-21-9-10-22-19(15-21)3-2-4-23(22)26(32)29-16-24(27)17-5-7-18(8-6-17)25(31)30-20-11-13-28-14-12-20/h5-15,23-24H,2-4,16,27H2,1H3,(H,29,32)(H,28,30,31). The molecule has 2 atom stereocenters. The fourth-order valence-electron chi connectivity index (χ4n) is 4.16. The summed E-state index contributed by atoms with van der Waals surface area (Å²) in [7, 11) is 1.65. The van der Waals surface area contributed by atoms with E-state index in [1.54, 1.807) is 43.8 Å². The van der Waals surface area contributed by atoms with Crippen LogP contribution in [0.2, 0.25) is 0 Å². The zero-order valence-electron chi connectivity index (χ0n) is 18.6. The number of nitrogens with two attached hydrogens (primary N) is 1. The number of carbonyl (C=O) groups excluding carboxylic acids is 2. The van der Waals surface area contributed by atoms with E-state index in [0.29, 0.717) is 17.8 Å². The van der Waals surface area contributed by atoms with Crippen molar-refractivity contribution in [2.45, 2.75) is 31.2 Å². The molecule has 0 saturated carbocycles. The molecular weight excluding hydrogens is 416 g/mol. The molecule has 1 aliphatic carbocycles. The quantitative estimate of drug-likeness (QED) is 0.516. The van der Waals surface area contributed by atoms with Crippen LogP contribution >= 0.6 is 0 Å². The lowest BCUT2D eigenvalue weighted by Crippen LogP contribution is -2.36. The first-order valence-electron chi connectivity index (χ1n) is 11.1. The lowest BCUT2D eigenvalue weighted by Gasteiger charge is -2.26. The van der Waals surface area contributed by atoms with E-state index in [1.807, 2.05) is 30.3 Å². The van der Waals surface area contributed by atoms with Gasteiger partial charge in [-0.3, -0.25) is 14.6 Å². The van der Waals surface area contributed by atoms with Gasteiger partial charge in [-0.15, -0.1) is 0 Å². The molecular formula is C26H28N4O3. The summed E-state index contributed by atoms with van der Waals surface area (Å²) in [6.07, 6.45) is 5.98. The molecule has 2 aromatic carbocycles. The summed E-state index contributed by atoms with van der Waals surface area (Å²) >= 11 is 0. The molecule has 4 N–H and O–H groups in total. The number of pyridine rings is 1. The number of benzene rings is 2. The third kappa shape index (κ3) is 5.38. The lowest BCUT2D eigenvalue weighted by molar-refractivity contribution is -0.122. The Kier molecular flexibility index (Phi) is 7.00. The predicted molar refractivity (Wildman–Crippen MR) is 127 cm³/mol. The van der Waals surface area contributed by atoms with Crippen LogP contribution in [0.25, 0.3) is 0 Å². The van der Waals surface area contributed by atoms with Gasteiger partial charge in [-0.25, -0.2) is 0 Å². The molecule has 7 nitrogen and oxygen atoms in total. The van der Waals surface area contributed by atoms with Crippen molar-refractivity contribution in [2.75, 3.05) is 19.0 Å². The Balaban J connectivity index is 1.34. The maximum absolute atomic E-state index is 12.9. The second kappa shape index (κ2) is 10.3. The first kappa shape index (κ1) is 22.5. The largest absolute Gasteiger partial charge is 0.497 e. The first-order valence-corrected chi connectivity index (χ1v) is 11.1. The highest BCUT2D eigenvalue weighted by Gasteiger charge is 2.27. The average molecular weight is 445 g/mol. The second-order valence-corrected chi connectivity index (χ2v) is 8.17. The molecule has 0 saturated heterocycles. The van der Waals surface area contributed by atoms with Crippen molar-refractivity contribution in [2.24, 2.45) is 5.73 Å². The van der Waals surface area contributed by atoms with Crippen LogP contribution in [0, 0.1) is 0 Å². The number of anilines is 1. The minimum absolute atomic E-state index is 0.00934. The van der Waals surface area contributed by atoms with Crippen LogP contribution in [0.15, 0.2) is 67.0 Å². The van der Waals surface area contributed by atoms with Crippen LogP contribution in [0.1, 0.15) is 51.8 Å². The van der Waals surface area contributed by atoms with Crippen molar-refractivity contribution in [3.8, 4) is 5.75 Å². The minimum Gasteiger partial charge on any atom is -0.497 e.